The minimum atomic E-state index is 0. The fourth-order valence-electron chi connectivity index (χ4n) is 0. The molecular formula is H4CaFeOS. The molecule has 1 nitrogen and oxygen atoms in total. The van der Waals surface area contributed by atoms with Crippen molar-refractivity contribution in [2.75, 3.05) is 0 Å². The van der Waals surface area contributed by atoms with Crippen LogP contribution in [0.4, 0.5) is 0 Å². The summed E-state index contributed by atoms with van der Waals surface area (Å²) in [6, 6.07) is 0. The quantitative estimate of drug-likeness (QED) is 0.432. The molecule has 0 fully saturated rings. The van der Waals surface area contributed by atoms with Crippen LogP contribution in [0.5, 0.6) is 0 Å². The van der Waals surface area contributed by atoms with E-state index in [2.05, 4.69) is 24.9 Å². The molecular weight excluding hydrogens is 144 g/mol. The van der Waals surface area contributed by atoms with Gasteiger partial charge in [-0.1, -0.05) is 0 Å². The van der Waals surface area contributed by atoms with Crippen LogP contribution >= 0.6 is 10.6 Å². The number of hydrogen-bond donors (Lipinski definition) is 0. The molecule has 2 N–H and O–H groups in total. The van der Waals surface area contributed by atoms with Crippen LogP contribution in [0.25, 0.3) is 0 Å². The van der Waals surface area contributed by atoms with Gasteiger partial charge in [0.2, 0.25) is 0 Å². The van der Waals surface area contributed by atoms with Gasteiger partial charge in [0, 0.05) is 0 Å². The molecule has 0 aliphatic carbocycles. The molecule has 0 rings (SSSR count). The molecule has 0 unspecified atom stereocenters. The maximum absolute atomic E-state index is 3.83. The summed E-state index contributed by atoms with van der Waals surface area (Å²) >= 11 is 2.83. The molecule has 0 aromatic rings. The zero-order valence-corrected chi connectivity index (χ0v) is 6.10. The molecule has 0 aromatic heterocycles. The summed E-state index contributed by atoms with van der Waals surface area (Å²) in [5, 5.41) is 0. The Balaban J connectivity index is -0.000000000833. The SMILES string of the molecule is O.[Ca+2].[H-].[H-].[S]=[Fe]. The van der Waals surface area contributed by atoms with Gasteiger partial charge in [-0.2, -0.15) is 0 Å². The Morgan fingerprint density at radius 3 is 1.50 bits per heavy atom. The first kappa shape index (κ1) is 16.7. The van der Waals surface area contributed by atoms with Gasteiger partial charge in [-0.3, -0.25) is 0 Å². The molecule has 4 heteroatoms. The van der Waals surface area contributed by atoms with Crippen LogP contribution in [0.3, 0.4) is 0 Å². The first-order chi connectivity index (χ1) is 1.00. The van der Waals surface area contributed by atoms with E-state index < -0.39 is 0 Å². The van der Waals surface area contributed by atoms with E-state index in [1.165, 1.54) is 0 Å². The normalized spacial score (nSPS) is 1.25. The van der Waals surface area contributed by atoms with Crippen molar-refractivity contribution in [3.8, 4) is 0 Å². The van der Waals surface area contributed by atoms with Crippen molar-refractivity contribution in [1.82, 2.24) is 0 Å². The van der Waals surface area contributed by atoms with E-state index in [1.807, 2.05) is 0 Å². The van der Waals surface area contributed by atoms with E-state index in [-0.39, 0.29) is 46.1 Å². The van der Waals surface area contributed by atoms with Gasteiger partial charge < -0.3 is 8.33 Å². The monoisotopic (exact) mass is 148 g/mol. The van der Waals surface area contributed by atoms with Crippen LogP contribution < -0.4 is 0 Å². The Morgan fingerprint density at radius 2 is 1.50 bits per heavy atom. The fraction of sp³-hybridized carbons (Fsp3) is 0. The Kier molecular flexibility index (Phi) is 84.7. The first-order valence-electron chi connectivity index (χ1n) is 0.144. The molecule has 0 spiro atoms. The van der Waals surface area contributed by atoms with E-state index in [4.69, 9.17) is 0 Å². The second-order valence-electron chi connectivity index (χ2n) is 0. The van der Waals surface area contributed by atoms with Gasteiger partial charge in [0.25, 0.3) is 0 Å². The van der Waals surface area contributed by atoms with E-state index in [0.29, 0.717) is 0 Å². The molecule has 0 amide bonds. The van der Waals surface area contributed by atoms with Gasteiger partial charge in [0.05, 0.1) is 0 Å². The van der Waals surface area contributed by atoms with Crippen LogP contribution in [-0.2, 0) is 14.4 Å². The molecule has 0 bridgehead atoms. The second kappa shape index (κ2) is 20.3. The molecule has 0 aromatic carbocycles. The predicted octanol–water partition coefficient (Wildman–Crippen LogP) is -0.335. The summed E-state index contributed by atoms with van der Waals surface area (Å²) in [5.74, 6) is 0. The van der Waals surface area contributed by atoms with E-state index in [0.717, 1.165) is 0 Å². The van der Waals surface area contributed by atoms with Crippen LogP contribution in [0, 0.1) is 0 Å². The molecule has 0 saturated heterocycles. The van der Waals surface area contributed by atoms with Gasteiger partial charge in [-0.15, -0.1) is 0 Å². The van der Waals surface area contributed by atoms with Gasteiger partial charge in [0.15, 0.2) is 0 Å². The summed E-state index contributed by atoms with van der Waals surface area (Å²) in [6.45, 7) is 0. The zero-order valence-electron chi connectivity index (χ0n) is 3.97. The Labute approximate surface area is 70.1 Å². The molecule has 0 saturated carbocycles. The third kappa shape index (κ3) is 9.03. The van der Waals surface area contributed by atoms with Crippen LogP contribution in [0.2, 0.25) is 0 Å². The Morgan fingerprint density at radius 1 is 1.50 bits per heavy atom. The van der Waals surface area contributed by atoms with Gasteiger partial charge >= 0.3 is 62.7 Å². The summed E-state index contributed by atoms with van der Waals surface area (Å²) in [6.07, 6.45) is 0. The fourth-order valence-corrected chi connectivity index (χ4v) is 0. The van der Waals surface area contributed by atoms with Crippen LogP contribution in [0.15, 0.2) is 0 Å². The zero-order chi connectivity index (χ0) is 2.00. The average Bonchev–Trinajstić information content (AvgIpc) is 1.00. The van der Waals surface area contributed by atoms with Crippen molar-refractivity contribution in [2.45, 2.75) is 0 Å². The minimum absolute atomic E-state index is 0. The van der Waals surface area contributed by atoms with E-state index in [9.17, 15) is 0 Å². The standard InChI is InChI=1S/Ca.Fe.H2O.S.2H/h;;1H2;;;/q+2;;;;2*-1. The van der Waals surface area contributed by atoms with Crippen molar-refractivity contribution in [2.24, 2.45) is 0 Å². The maximum atomic E-state index is 3.83. The molecule has 0 atom stereocenters. The topological polar surface area (TPSA) is 31.5 Å². The van der Waals surface area contributed by atoms with Crippen molar-refractivity contribution < 1.29 is 22.7 Å². The number of hydrogen-bond acceptors (Lipinski definition) is 1. The predicted molar refractivity (Wildman–Crippen MR) is 19.2 cm³/mol. The Bertz CT molecular complexity index is 13.5. The molecule has 0 heterocycles. The van der Waals surface area contributed by atoms with Crippen molar-refractivity contribution in [3.05, 3.63) is 0 Å². The van der Waals surface area contributed by atoms with Gasteiger partial charge in [-0.05, 0) is 0 Å². The Hall–Kier alpha value is 1.96. The van der Waals surface area contributed by atoms with Crippen molar-refractivity contribution in [1.29, 1.82) is 0 Å². The first-order valence-corrected chi connectivity index (χ1v) is 1.79. The summed E-state index contributed by atoms with van der Waals surface area (Å²) in [4.78, 5) is 0. The van der Waals surface area contributed by atoms with Crippen molar-refractivity contribution >= 4 is 48.3 Å². The summed E-state index contributed by atoms with van der Waals surface area (Å²) < 4.78 is 0. The molecule has 0 aliphatic rings. The number of rotatable bonds is 0. The van der Waals surface area contributed by atoms with Crippen LogP contribution in [0.1, 0.15) is 2.85 Å². The molecule has 4 heavy (non-hydrogen) atoms. The third-order valence-electron chi connectivity index (χ3n) is 0. The summed E-state index contributed by atoms with van der Waals surface area (Å²) in [7, 11) is 3.83. The van der Waals surface area contributed by atoms with E-state index >= 15 is 0 Å². The van der Waals surface area contributed by atoms with Gasteiger partial charge in [-0.25, -0.2) is 0 Å². The molecule has 0 aliphatic heterocycles. The third-order valence-corrected chi connectivity index (χ3v) is 0. The molecule has 26 valence electrons. The average molecular weight is 148 g/mol. The summed E-state index contributed by atoms with van der Waals surface area (Å²) in [5.41, 5.74) is 0. The van der Waals surface area contributed by atoms with Gasteiger partial charge in [0.1, 0.15) is 0 Å². The van der Waals surface area contributed by atoms with Crippen LogP contribution in [-0.4, -0.2) is 43.2 Å². The second-order valence-corrected chi connectivity index (χ2v) is 0. The van der Waals surface area contributed by atoms with Crippen molar-refractivity contribution in [3.63, 3.8) is 0 Å². The molecule has 0 radical (unpaired) electrons. The van der Waals surface area contributed by atoms with E-state index in [1.54, 1.807) is 0 Å².